The number of furan rings is 1. The number of unbranched alkanes of at least 4 members (excludes halogenated alkanes) is 1. The Kier molecular flexibility index (Phi) is 7.88. The molecule has 6 rings (SSSR count). The first-order valence-corrected chi connectivity index (χ1v) is 14.2. The molecule has 0 spiro atoms. The Balaban J connectivity index is 0.961. The van der Waals surface area contributed by atoms with Gasteiger partial charge in [-0.3, -0.25) is 9.69 Å². The van der Waals surface area contributed by atoms with E-state index in [1.165, 1.54) is 10.9 Å². The maximum Gasteiger partial charge on any atom is 0.288 e. The summed E-state index contributed by atoms with van der Waals surface area (Å²) in [4.78, 5) is 20.9. The van der Waals surface area contributed by atoms with Gasteiger partial charge in [0.1, 0.15) is 5.58 Å². The van der Waals surface area contributed by atoms with Crippen LogP contribution in [0.4, 0.5) is 11.4 Å². The van der Waals surface area contributed by atoms with Crippen molar-refractivity contribution >= 4 is 39.2 Å². The van der Waals surface area contributed by atoms with E-state index in [0.29, 0.717) is 23.6 Å². The first-order valence-electron chi connectivity index (χ1n) is 14.2. The molecule has 0 saturated carbocycles. The molecular weight excluding hydrogens is 512 g/mol. The maximum absolute atomic E-state index is 12.6. The summed E-state index contributed by atoms with van der Waals surface area (Å²) in [5, 5.41) is 17.3. The van der Waals surface area contributed by atoms with Crippen LogP contribution in [0.2, 0.25) is 0 Å². The van der Waals surface area contributed by atoms with E-state index in [9.17, 15) is 10.1 Å². The van der Waals surface area contributed by atoms with E-state index in [1.54, 1.807) is 0 Å². The van der Waals surface area contributed by atoms with Crippen LogP contribution in [-0.2, 0) is 6.42 Å². The number of aromatic amines is 1. The number of rotatable bonds is 10. The van der Waals surface area contributed by atoms with Crippen molar-refractivity contribution in [3.05, 3.63) is 95.9 Å². The molecule has 1 amide bonds. The minimum Gasteiger partial charge on any atom is -0.451 e. The van der Waals surface area contributed by atoms with Crippen LogP contribution in [0.15, 0.2) is 83.4 Å². The molecule has 41 heavy (non-hydrogen) atoms. The summed E-state index contributed by atoms with van der Waals surface area (Å²) >= 11 is 0. The molecule has 3 heterocycles. The number of hydrogen-bond donors (Lipinski definition) is 3. The van der Waals surface area contributed by atoms with E-state index in [-0.39, 0.29) is 5.91 Å². The molecule has 5 aromatic rings. The number of para-hydroxylation sites is 1. The number of nitrogens with one attached hydrogen (secondary N) is 3. The number of nitrogens with zero attached hydrogens (tertiary/aromatic N) is 3. The van der Waals surface area contributed by atoms with Crippen LogP contribution >= 0.6 is 0 Å². The fourth-order valence-corrected chi connectivity index (χ4v) is 5.54. The van der Waals surface area contributed by atoms with E-state index in [0.717, 1.165) is 74.3 Å². The average molecular weight is 547 g/mol. The van der Waals surface area contributed by atoms with Gasteiger partial charge < -0.3 is 24.9 Å². The van der Waals surface area contributed by atoms with Gasteiger partial charge in [-0.05, 0) is 86.0 Å². The molecule has 0 bridgehead atoms. The lowest BCUT2D eigenvalue weighted by atomic mass is 10.1. The maximum atomic E-state index is 12.6. The molecule has 8 heteroatoms. The van der Waals surface area contributed by atoms with Crippen molar-refractivity contribution in [1.82, 2.24) is 15.2 Å². The molecule has 208 valence electrons. The molecule has 0 atom stereocenters. The average Bonchev–Trinajstić information content (AvgIpc) is 3.63. The Bertz CT molecular complexity index is 1670. The van der Waals surface area contributed by atoms with Gasteiger partial charge in [-0.2, -0.15) is 5.26 Å². The van der Waals surface area contributed by atoms with Crippen molar-refractivity contribution in [3.8, 4) is 6.07 Å². The highest BCUT2D eigenvalue weighted by molar-refractivity contribution is 5.96. The van der Waals surface area contributed by atoms with E-state index < -0.39 is 0 Å². The van der Waals surface area contributed by atoms with Crippen LogP contribution in [0.25, 0.3) is 21.9 Å². The number of aryl methyl sites for hydroxylation is 1. The number of fused-ring (bicyclic) bond motifs is 2. The molecule has 0 aliphatic carbocycles. The second-order valence-corrected chi connectivity index (χ2v) is 10.5. The number of benzene rings is 3. The Labute approximate surface area is 239 Å². The van der Waals surface area contributed by atoms with Gasteiger partial charge >= 0.3 is 0 Å². The molecule has 8 nitrogen and oxygen atoms in total. The Morgan fingerprint density at radius 1 is 0.976 bits per heavy atom. The van der Waals surface area contributed by atoms with Gasteiger partial charge in [0, 0.05) is 60.0 Å². The highest BCUT2D eigenvalue weighted by Crippen LogP contribution is 2.26. The molecule has 0 unspecified atom stereocenters. The monoisotopic (exact) mass is 546 g/mol. The number of hydrogen-bond acceptors (Lipinski definition) is 6. The van der Waals surface area contributed by atoms with Crippen LogP contribution in [0.5, 0.6) is 0 Å². The number of amides is 1. The topological polar surface area (TPSA) is 100 Å². The number of carbonyl (C=O) groups is 1. The van der Waals surface area contributed by atoms with Crippen LogP contribution in [0.1, 0.15) is 34.5 Å². The zero-order chi connectivity index (χ0) is 28.0. The number of carbonyl (C=O) groups excluding carboxylic acids is 1. The quantitative estimate of drug-likeness (QED) is 0.153. The summed E-state index contributed by atoms with van der Waals surface area (Å²) in [6.45, 7) is 5.43. The van der Waals surface area contributed by atoms with Crippen molar-refractivity contribution in [2.45, 2.75) is 19.3 Å². The molecule has 1 aliphatic heterocycles. The third kappa shape index (κ3) is 6.21. The zero-order valence-corrected chi connectivity index (χ0v) is 23.0. The summed E-state index contributed by atoms with van der Waals surface area (Å²) in [6, 6.07) is 25.8. The normalized spacial score (nSPS) is 13.9. The smallest absolute Gasteiger partial charge is 0.288 e. The van der Waals surface area contributed by atoms with Crippen molar-refractivity contribution in [3.63, 3.8) is 0 Å². The second-order valence-electron chi connectivity index (χ2n) is 10.5. The highest BCUT2D eigenvalue weighted by atomic mass is 16.3. The minimum absolute atomic E-state index is 0.239. The summed E-state index contributed by atoms with van der Waals surface area (Å²) in [5.74, 6) is 0.0754. The third-order valence-corrected chi connectivity index (χ3v) is 7.84. The van der Waals surface area contributed by atoms with Gasteiger partial charge in [0.15, 0.2) is 5.76 Å². The van der Waals surface area contributed by atoms with Gasteiger partial charge in [-0.25, -0.2) is 0 Å². The lowest BCUT2D eigenvalue weighted by molar-refractivity contribution is 0.0931. The Morgan fingerprint density at radius 2 is 1.83 bits per heavy atom. The van der Waals surface area contributed by atoms with Gasteiger partial charge in [0.25, 0.3) is 5.91 Å². The van der Waals surface area contributed by atoms with Crippen LogP contribution in [0, 0.1) is 11.3 Å². The molecule has 1 aliphatic rings. The molecule has 1 saturated heterocycles. The number of aromatic nitrogens is 1. The molecule has 0 radical (unpaired) electrons. The fourth-order valence-electron chi connectivity index (χ4n) is 5.54. The standard InChI is InChI=1S/C33H34N6O2/c34-21-24-9-11-30-29(18-24)25(22-35-30)6-4-5-13-38-14-16-39(17-15-38)28-10-12-31-26(19-28)20-32(41-31)33(40)37-23-36-27-7-2-1-3-8-27/h1-3,7-12,18-20,22,35-36H,4-6,13-17,23H2,(H,37,40). The third-order valence-electron chi connectivity index (χ3n) is 7.84. The van der Waals surface area contributed by atoms with Crippen molar-refractivity contribution < 1.29 is 9.21 Å². The summed E-state index contributed by atoms with van der Waals surface area (Å²) in [7, 11) is 0. The summed E-state index contributed by atoms with van der Waals surface area (Å²) in [6.07, 6.45) is 5.37. The Hall–Kier alpha value is -4.74. The summed E-state index contributed by atoms with van der Waals surface area (Å²) in [5.41, 5.74) is 5.92. The van der Waals surface area contributed by atoms with E-state index in [2.05, 4.69) is 49.8 Å². The predicted octanol–water partition coefficient (Wildman–Crippen LogP) is 5.73. The van der Waals surface area contributed by atoms with Gasteiger partial charge in [0.05, 0.1) is 18.3 Å². The first kappa shape index (κ1) is 26.5. The zero-order valence-electron chi connectivity index (χ0n) is 23.0. The predicted molar refractivity (Wildman–Crippen MR) is 163 cm³/mol. The number of piperazine rings is 1. The van der Waals surface area contributed by atoms with Crippen molar-refractivity contribution in [1.29, 1.82) is 5.26 Å². The van der Waals surface area contributed by atoms with Crippen molar-refractivity contribution in [2.75, 3.05) is 49.6 Å². The minimum atomic E-state index is -0.239. The number of anilines is 2. The van der Waals surface area contributed by atoms with Crippen LogP contribution in [0.3, 0.4) is 0 Å². The van der Waals surface area contributed by atoms with Gasteiger partial charge in [-0.15, -0.1) is 0 Å². The number of H-pyrrole nitrogens is 1. The number of nitriles is 1. The van der Waals surface area contributed by atoms with Crippen LogP contribution < -0.4 is 15.5 Å². The molecular formula is C33H34N6O2. The molecule has 2 aromatic heterocycles. The second kappa shape index (κ2) is 12.2. The van der Waals surface area contributed by atoms with Crippen LogP contribution in [-0.4, -0.2) is 55.2 Å². The van der Waals surface area contributed by atoms with Crippen molar-refractivity contribution in [2.24, 2.45) is 0 Å². The van der Waals surface area contributed by atoms with Gasteiger partial charge in [0.2, 0.25) is 0 Å². The Morgan fingerprint density at radius 3 is 2.66 bits per heavy atom. The van der Waals surface area contributed by atoms with Gasteiger partial charge in [-0.1, -0.05) is 18.2 Å². The first-order chi connectivity index (χ1) is 20.2. The fraction of sp³-hybridized carbons (Fsp3) is 0.273. The summed E-state index contributed by atoms with van der Waals surface area (Å²) < 4.78 is 5.83. The van der Waals surface area contributed by atoms with E-state index in [1.807, 2.05) is 60.7 Å². The van der Waals surface area contributed by atoms with E-state index in [4.69, 9.17) is 4.42 Å². The molecule has 3 aromatic carbocycles. The largest absolute Gasteiger partial charge is 0.451 e. The highest BCUT2D eigenvalue weighted by Gasteiger charge is 2.19. The molecule has 3 N–H and O–H groups in total. The van der Waals surface area contributed by atoms with E-state index >= 15 is 0 Å². The lowest BCUT2D eigenvalue weighted by Gasteiger charge is -2.36. The molecule has 1 fully saturated rings. The lowest BCUT2D eigenvalue weighted by Crippen LogP contribution is -2.46. The SMILES string of the molecule is N#Cc1ccc2[nH]cc(CCCCN3CCN(c4ccc5oc(C(=O)NCNc6ccccc6)cc5c4)CC3)c2c1.